The van der Waals surface area contributed by atoms with Gasteiger partial charge in [-0.05, 0) is 42.7 Å². The molecule has 1 saturated carbocycles. The van der Waals surface area contributed by atoms with Crippen LogP contribution in [0.2, 0.25) is 0 Å². The molecule has 2 nitrogen and oxygen atoms in total. The number of hydrogen-bond acceptors (Lipinski definition) is 2. The van der Waals surface area contributed by atoms with Gasteiger partial charge in [0.25, 0.3) is 0 Å². The third kappa shape index (κ3) is 3.07. The maximum atomic E-state index is 3.76. The Morgan fingerprint density at radius 3 is 2.55 bits per heavy atom. The average Bonchev–Trinajstić information content (AvgIpc) is 3.24. The van der Waals surface area contributed by atoms with Crippen LogP contribution in [0.1, 0.15) is 50.7 Å². The fourth-order valence-corrected chi connectivity index (χ4v) is 3.49. The SMILES string of the molecule is CC(C)c1ccc(CN2CCNC(C)(C3CC3)C2)cc1. The van der Waals surface area contributed by atoms with Crippen molar-refractivity contribution in [3.05, 3.63) is 35.4 Å². The summed E-state index contributed by atoms with van der Waals surface area (Å²) < 4.78 is 0. The van der Waals surface area contributed by atoms with Gasteiger partial charge >= 0.3 is 0 Å². The highest BCUT2D eigenvalue weighted by atomic mass is 15.2. The van der Waals surface area contributed by atoms with Crippen LogP contribution < -0.4 is 5.32 Å². The first-order chi connectivity index (χ1) is 9.57. The molecule has 0 amide bonds. The number of hydrogen-bond donors (Lipinski definition) is 1. The van der Waals surface area contributed by atoms with E-state index in [2.05, 4.69) is 55.3 Å². The molecule has 0 spiro atoms. The molecule has 1 saturated heterocycles. The molecule has 1 heterocycles. The van der Waals surface area contributed by atoms with E-state index in [1.807, 2.05) is 0 Å². The van der Waals surface area contributed by atoms with Gasteiger partial charge in [-0.3, -0.25) is 4.90 Å². The number of rotatable bonds is 4. The third-order valence-corrected chi connectivity index (χ3v) is 5.04. The second-order valence-electron chi connectivity index (χ2n) is 7.23. The highest BCUT2D eigenvalue weighted by Gasteiger charge is 2.43. The van der Waals surface area contributed by atoms with Crippen LogP contribution in [0.15, 0.2) is 24.3 Å². The van der Waals surface area contributed by atoms with Crippen molar-refractivity contribution in [3.8, 4) is 0 Å². The van der Waals surface area contributed by atoms with Crippen molar-refractivity contribution < 1.29 is 0 Å². The summed E-state index contributed by atoms with van der Waals surface area (Å²) in [7, 11) is 0. The molecule has 0 aromatic heterocycles. The van der Waals surface area contributed by atoms with Crippen LogP contribution in [-0.4, -0.2) is 30.1 Å². The van der Waals surface area contributed by atoms with Gasteiger partial charge in [0.1, 0.15) is 0 Å². The maximum absolute atomic E-state index is 3.76. The Morgan fingerprint density at radius 2 is 1.95 bits per heavy atom. The maximum Gasteiger partial charge on any atom is 0.0309 e. The van der Waals surface area contributed by atoms with Gasteiger partial charge in [0.15, 0.2) is 0 Å². The molecule has 110 valence electrons. The molecule has 0 radical (unpaired) electrons. The molecule has 1 N–H and O–H groups in total. The summed E-state index contributed by atoms with van der Waals surface area (Å²) in [4.78, 5) is 2.62. The predicted molar refractivity (Wildman–Crippen MR) is 84.9 cm³/mol. The summed E-state index contributed by atoms with van der Waals surface area (Å²) in [5.41, 5.74) is 3.25. The van der Waals surface area contributed by atoms with E-state index in [-0.39, 0.29) is 0 Å². The van der Waals surface area contributed by atoms with Crippen molar-refractivity contribution in [1.82, 2.24) is 10.2 Å². The molecule has 1 aromatic carbocycles. The highest BCUT2D eigenvalue weighted by Crippen LogP contribution is 2.40. The van der Waals surface area contributed by atoms with Crippen LogP contribution in [0.4, 0.5) is 0 Å². The van der Waals surface area contributed by atoms with Crippen LogP contribution in [0, 0.1) is 5.92 Å². The number of nitrogens with one attached hydrogen (secondary N) is 1. The minimum absolute atomic E-state index is 0.357. The molecule has 2 heteroatoms. The van der Waals surface area contributed by atoms with Gasteiger partial charge in [-0.15, -0.1) is 0 Å². The number of benzene rings is 1. The van der Waals surface area contributed by atoms with E-state index >= 15 is 0 Å². The van der Waals surface area contributed by atoms with Crippen molar-refractivity contribution in [2.24, 2.45) is 5.92 Å². The van der Waals surface area contributed by atoms with Crippen LogP contribution in [-0.2, 0) is 6.54 Å². The molecular formula is C18H28N2. The molecule has 3 rings (SSSR count). The summed E-state index contributed by atoms with van der Waals surface area (Å²) in [6.07, 6.45) is 2.83. The first-order valence-electron chi connectivity index (χ1n) is 8.13. The summed E-state index contributed by atoms with van der Waals surface area (Å²) in [6, 6.07) is 9.21. The van der Waals surface area contributed by atoms with Gasteiger partial charge in [0.2, 0.25) is 0 Å². The van der Waals surface area contributed by atoms with Crippen LogP contribution in [0.3, 0.4) is 0 Å². The zero-order valence-electron chi connectivity index (χ0n) is 13.2. The van der Waals surface area contributed by atoms with E-state index in [4.69, 9.17) is 0 Å². The Bertz CT molecular complexity index is 447. The van der Waals surface area contributed by atoms with Gasteiger partial charge < -0.3 is 5.32 Å². The monoisotopic (exact) mass is 272 g/mol. The molecule has 1 unspecified atom stereocenters. The Balaban J connectivity index is 1.62. The average molecular weight is 272 g/mol. The first kappa shape index (κ1) is 14.1. The zero-order valence-corrected chi connectivity index (χ0v) is 13.2. The lowest BCUT2D eigenvalue weighted by Gasteiger charge is -2.42. The van der Waals surface area contributed by atoms with Crippen molar-refractivity contribution in [1.29, 1.82) is 0 Å². The molecule has 2 aliphatic rings. The molecular weight excluding hydrogens is 244 g/mol. The van der Waals surface area contributed by atoms with Crippen molar-refractivity contribution in [2.45, 2.75) is 51.6 Å². The van der Waals surface area contributed by atoms with E-state index in [0.717, 1.165) is 19.0 Å². The molecule has 0 bridgehead atoms. The Morgan fingerprint density at radius 1 is 1.25 bits per heavy atom. The molecule has 1 aromatic rings. The van der Waals surface area contributed by atoms with E-state index in [0.29, 0.717) is 11.5 Å². The Labute approximate surface area is 123 Å². The fourth-order valence-electron chi connectivity index (χ4n) is 3.49. The Hall–Kier alpha value is -0.860. The van der Waals surface area contributed by atoms with E-state index in [9.17, 15) is 0 Å². The van der Waals surface area contributed by atoms with Gasteiger partial charge in [0, 0.05) is 31.7 Å². The number of piperazine rings is 1. The largest absolute Gasteiger partial charge is 0.309 e. The minimum Gasteiger partial charge on any atom is -0.309 e. The van der Waals surface area contributed by atoms with Crippen molar-refractivity contribution >= 4 is 0 Å². The van der Waals surface area contributed by atoms with Crippen LogP contribution in [0.5, 0.6) is 0 Å². The summed E-state index contributed by atoms with van der Waals surface area (Å²) >= 11 is 0. The number of nitrogens with zero attached hydrogens (tertiary/aromatic N) is 1. The third-order valence-electron chi connectivity index (χ3n) is 5.04. The highest BCUT2D eigenvalue weighted by molar-refractivity contribution is 5.24. The summed E-state index contributed by atoms with van der Waals surface area (Å²) in [5.74, 6) is 1.54. The van der Waals surface area contributed by atoms with Gasteiger partial charge in [-0.25, -0.2) is 0 Å². The second kappa shape index (κ2) is 5.50. The summed E-state index contributed by atoms with van der Waals surface area (Å²) in [5, 5.41) is 3.76. The van der Waals surface area contributed by atoms with Gasteiger partial charge in [-0.1, -0.05) is 38.1 Å². The molecule has 1 atom stereocenters. The van der Waals surface area contributed by atoms with Crippen LogP contribution in [0.25, 0.3) is 0 Å². The molecule has 2 fully saturated rings. The lowest BCUT2D eigenvalue weighted by Crippen LogP contribution is -2.59. The van der Waals surface area contributed by atoms with Crippen molar-refractivity contribution in [3.63, 3.8) is 0 Å². The smallest absolute Gasteiger partial charge is 0.0309 e. The molecule has 1 aliphatic carbocycles. The Kier molecular flexibility index (Phi) is 3.87. The summed E-state index contributed by atoms with van der Waals surface area (Å²) in [6.45, 7) is 11.5. The quantitative estimate of drug-likeness (QED) is 0.904. The fraction of sp³-hybridized carbons (Fsp3) is 0.667. The van der Waals surface area contributed by atoms with E-state index in [1.54, 1.807) is 0 Å². The topological polar surface area (TPSA) is 15.3 Å². The zero-order chi connectivity index (χ0) is 14.2. The molecule has 1 aliphatic heterocycles. The van der Waals surface area contributed by atoms with Gasteiger partial charge in [-0.2, -0.15) is 0 Å². The second-order valence-corrected chi connectivity index (χ2v) is 7.23. The van der Waals surface area contributed by atoms with Crippen molar-refractivity contribution in [2.75, 3.05) is 19.6 Å². The van der Waals surface area contributed by atoms with E-state index < -0.39 is 0 Å². The standard InChI is InChI=1S/C18H28N2/c1-14(2)16-6-4-15(5-7-16)12-20-11-10-19-18(3,13-20)17-8-9-17/h4-7,14,17,19H,8-13H2,1-3H3. The van der Waals surface area contributed by atoms with E-state index in [1.165, 1.54) is 37.1 Å². The van der Waals surface area contributed by atoms with Gasteiger partial charge in [0.05, 0.1) is 0 Å². The first-order valence-corrected chi connectivity index (χ1v) is 8.13. The lowest BCUT2D eigenvalue weighted by molar-refractivity contribution is 0.121. The minimum atomic E-state index is 0.357. The normalized spacial score (nSPS) is 28.0. The molecule has 20 heavy (non-hydrogen) atoms. The van der Waals surface area contributed by atoms with Crippen LogP contribution >= 0.6 is 0 Å². The lowest BCUT2D eigenvalue weighted by atomic mass is 9.92. The predicted octanol–water partition coefficient (Wildman–Crippen LogP) is 3.38.